The molecule has 0 saturated heterocycles. The Morgan fingerprint density at radius 3 is 1.82 bits per heavy atom. The normalized spacial score (nSPS) is 13.4. The fourth-order valence-electron chi connectivity index (χ4n) is 9.57. The molecule has 9 aromatic carbocycles. The van der Waals surface area contributed by atoms with Gasteiger partial charge in [0.05, 0.1) is 11.1 Å². The van der Waals surface area contributed by atoms with E-state index in [1.165, 1.54) is 83.2 Å². The Morgan fingerprint density at radius 2 is 1.07 bits per heavy atom. The van der Waals surface area contributed by atoms with Crippen LogP contribution in [0.5, 0.6) is 0 Å². The van der Waals surface area contributed by atoms with Gasteiger partial charge in [-0.3, -0.25) is 0 Å². The van der Waals surface area contributed by atoms with Crippen LogP contribution in [0.3, 0.4) is 0 Å². The van der Waals surface area contributed by atoms with Gasteiger partial charge >= 0.3 is 0 Å². The van der Waals surface area contributed by atoms with Crippen LogP contribution in [0.15, 0.2) is 194 Å². The van der Waals surface area contributed by atoms with Crippen molar-refractivity contribution < 1.29 is 4.39 Å². The molecule has 0 spiro atoms. The van der Waals surface area contributed by atoms with Crippen molar-refractivity contribution in [3.05, 3.63) is 244 Å². The molecule has 11 rings (SSSR count). The van der Waals surface area contributed by atoms with Gasteiger partial charge in [-0.1, -0.05) is 158 Å². The summed E-state index contributed by atoms with van der Waals surface area (Å²) in [6, 6.07) is 68.6. The molecule has 0 aliphatic heterocycles. The van der Waals surface area contributed by atoms with Crippen LogP contribution >= 0.6 is 0 Å². The molecule has 9 aromatic rings. The topological polar surface area (TPSA) is 3.24 Å². The van der Waals surface area contributed by atoms with Crippen molar-refractivity contribution in [2.45, 2.75) is 11.8 Å². The Morgan fingerprint density at radius 1 is 0.446 bits per heavy atom. The van der Waals surface area contributed by atoms with E-state index in [2.05, 4.69) is 152 Å². The molecule has 0 saturated carbocycles. The number of rotatable bonds is 7. The van der Waals surface area contributed by atoms with Crippen LogP contribution in [0.25, 0.3) is 44.8 Å². The summed E-state index contributed by atoms with van der Waals surface area (Å²) < 4.78 is 15.3. The molecule has 0 atom stereocenters. The molecule has 0 N–H and O–H groups in total. The molecule has 0 radical (unpaired) electrons. The minimum absolute atomic E-state index is 0.250. The van der Waals surface area contributed by atoms with Crippen LogP contribution in [-0.2, 0) is 11.8 Å². The lowest BCUT2D eigenvalue weighted by Gasteiger charge is -2.34. The van der Waals surface area contributed by atoms with Crippen molar-refractivity contribution in [2.75, 3.05) is 4.90 Å². The summed E-state index contributed by atoms with van der Waals surface area (Å²) in [6.07, 6.45) is 5.36. The Balaban J connectivity index is 0.974. The molecular weight excluding hydrogens is 682 g/mol. The van der Waals surface area contributed by atoms with E-state index in [1.54, 1.807) is 6.07 Å². The van der Waals surface area contributed by atoms with E-state index in [-0.39, 0.29) is 5.82 Å². The molecule has 0 amide bonds. The highest BCUT2D eigenvalue weighted by molar-refractivity contribution is 6.16. The molecule has 2 aliphatic carbocycles. The fourth-order valence-corrected chi connectivity index (χ4v) is 9.57. The predicted molar refractivity (Wildman–Crippen MR) is 232 cm³/mol. The minimum atomic E-state index is -0.436. The molecule has 2 aliphatic rings. The van der Waals surface area contributed by atoms with Gasteiger partial charge in [0, 0.05) is 11.4 Å². The first-order chi connectivity index (χ1) is 27.7. The molecule has 0 heterocycles. The average molecular weight is 718 g/mol. The van der Waals surface area contributed by atoms with Crippen molar-refractivity contribution in [1.82, 2.24) is 0 Å². The molecule has 0 fully saturated rings. The summed E-state index contributed by atoms with van der Waals surface area (Å²) in [6.45, 7) is 0. The van der Waals surface area contributed by atoms with E-state index in [1.807, 2.05) is 47.4 Å². The molecule has 56 heavy (non-hydrogen) atoms. The highest BCUT2D eigenvalue weighted by Crippen LogP contribution is 2.56. The SMILES string of the molecule is Fc1ccccc1N(c1ccccc1)c1ccc2c(c1)Cc1cc(/C=C/c3cc4c5c(ccc6cccc(c65)C4(c4ccccc4)c4ccccc4)c3)ccc1-2. The van der Waals surface area contributed by atoms with E-state index in [0.717, 1.165) is 17.8 Å². The molecular formula is C54H36FN. The van der Waals surface area contributed by atoms with E-state index in [4.69, 9.17) is 0 Å². The Hall–Kier alpha value is -7.03. The molecule has 1 nitrogen and oxygen atoms in total. The van der Waals surface area contributed by atoms with E-state index < -0.39 is 5.41 Å². The van der Waals surface area contributed by atoms with E-state index >= 15 is 4.39 Å². The van der Waals surface area contributed by atoms with Gasteiger partial charge in [-0.05, 0) is 132 Å². The molecule has 0 unspecified atom stereocenters. The lowest BCUT2D eigenvalue weighted by molar-refractivity contribution is 0.629. The van der Waals surface area contributed by atoms with E-state index in [0.29, 0.717) is 5.69 Å². The number of halogens is 1. The molecule has 0 bridgehead atoms. The summed E-state index contributed by atoms with van der Waals surface area (Å²) in [5.74, 6) is -0.250. The smallest absolute Gasteiger partial charge is 0.147 e. The Kier molecular flexibility index (Phi) is 7.40. The number of hydrogen-bond acceptors (Lipinski definition) is 1. The molecule has 264 valence electrons. The summed E-state index contributed by atoms with van der Waals surface area (Å²) >= 11 is 0. The predicted octanol–water partition coefficient (Wildman–Crippen LogP) is 14.0. The Labute approximate surface area is 326 Å². The number of fused-ring (bicyclic) bond motifs is 3. The number of benzene rings is 9. The lowest BCUT2D eigenvalue weighted by atomic mass is 9.67. The number of anilines is 3. The van der Waals surface area contributed by atoms with Crippen molar-refractivity contribution in [3.8, 4) is 11.1 Å². The maximum atomic E-state index is 15.3. The largest absolute Gasteiger partial charge is 0.308 e. The second kappa shape index (κ2) is 12.8. The van der Waals surface area contributed by atoms with Crippen LogP contribution in [-0.4, -0.2) is 0 Å². The third kappa shape index (κ3) is 4.92. The molecule has 0 aromatic heterocycles. The van der Waals surface area contributed by atoms with Crippen molar-refractivity contribution >= 4 is 50.8 Å². The number of hydrogen-bond donors (Lipinski definition) is 0. The van der Waals surface area contributed by atoms with Crippen molar-refractivity contribution in [3.63, 3.8) is 0 Å². The summed E-state index contributed by atoms with van der Waals surface area (Å²) in [5.41, 5.74) is 14.6. The highest BCUT2D eigenvalue weighted by Gasteiger charge is 2.45. The first-order valence-corrected chi connectivity index (χ1v) is 19.3. The molecule has 2 heteroatoms. The first kappa shape index (κ1) is 32.4. The summed E-state index contributed by atoms with van der Waals surface area (Å²) in [4.78, 5) is 2.01. The van der Waals surface area contributed by atoms with Gasteiger partial charge in [0.2, 0.25) is 0 Å². The van der Waals surface area contributed by atoms with Gasteiger partial charge in [0.15, 0.2) is 0 Å². The van der Waals surface area contributed by atoms with Gasteiger partial charge in [-0.2, -0.15) is 0 Å². The second-order valence-corrected chi connectivity index (χ2v) is 15.0. The third-order valence-electron chi connectivity index (χ3n) is 11.9. The summed E-state index contributed by atoms with van der Waals surface area (Å²) in [5, 5.41) is 5.24. The fraction of sp³-hybridized carbons (Fsp3) is 0.0370. The van der Waals surface area contributed by atoms with Crippen LogP contribution in [0, 0.1) is 5.82 Å². The van der Waals surface area contributed by atoms with Crippen molar-refractivity contribution in [2.24, 2.45) is 0 Å². The average Bonchev–Trinajstić information content (AvgIpc) is 3.77. The van der Waals surface area contributed by atoms with E-state index in [9.17, 15) is 0 Å². The van der Waals surface area contributed by atoms with Gasteiger partial charge in [0.25, 0.3) is 0 Å². The van der Waals surface area contributed by atoms with Gasteiger partial charge in [-0.25, -0.2) is 4.39 Å². The minimum Gasteiger partial charge on any atom is -0.308 e. The number of nitrogens with zero attached hydrogens (tertiary/aromatic N) is 1. The highest BCUT2D eigenvalue weighted by atomic mass is 19.1. The maximum absolute atomic E-state index is 15.3. The van der Waals surface area contributed by atoms with Crippen LogP contribution < -0.4 is 4.90 Å². The van der Waals surface area contributed by atoms with Gasteiger partial charge in [0.1, 0.15) is 5.82 Å². The first-order valence-electron chi connectivity index (χ1n) is 19.3. The van der Waals surface area contributed by atoms with Crippen LogP contribution in [0.2, 0.25) is 0 Å². The maximum Gasteiger partial charge on any atom is 0.147 e. The zero-order chi connectivity index (χ0) is 37.2. The van der Waals surface area contributed by atoms with Crippen molar-refractivity contribution in [1.29, 1.82) is 0 Å². The standard InChI is InChI=1S/C54H36FN/c55-50-21-10-11-22-51(50)56(44-18-8-3-9-19-44)45-28-30-47-41(35-45)34-40-31-36(25-29-46(40)47)23-24-37-32-39-27-26-38-13-12-20-48-52(38)53(39)49(33-37)54(48,42-14-4-1-5-15-42)43-16-6-2-7-17-43/h1-33,35H,34H2/b24-23+. The summed E-state index contributed by atoms with van der Waals surface area (Å²) in [7, 11) is 0. The monoisotopic (exact) mass is 717 g/mol. The van der Waals surface area contributed by atoms with Gasteiger partial charge < -0.3 is 4.90 Å². The van der Waals surface area contributed by atoms with Crippen LogP contribution in [0.1, 0.15) is 44.5 Å². The number of para-hydroxylation sites is 2. The lowest BCUT2D eigenvalue weighted by Crippen LogP contribution is -2.28. The third-order valence-corrected chi connectivity index (χ3v) is 11.9. The zero-order valence-electron chi connectivity index (χ0n) is 30.7. The Bertz CT molecular complexity index is 2960. The zero-order valence-corrected chi connectivity index (χ0v) is 30.7. The quantitative estimate of drug-likeness (QED) is 0.117. The van der Waals surface area contributed by atoms with Crippen LogP contribution in [0.4, 0.5) is 21.5 Å². The second-order valence-electron chi connectivity index (χ2n) is 15.0. The van der Waals surface area contributed by atoms with Gasteiger partial charge in [-0.15, -0.1) is 0 Å².